The zero-order valence-corrected chi connectivity index (χ0v) is 16.2. The summed E-state index contributed by atoms with van der Waals surface area (Å²) in [6.07, 6.45) is 1.76. The van der Waals surface area contributed by atoms with Crippen molar-refractivity contribution in [3.63, 3.8) is 0 Å². The normalized spacial score (nSPS) is 19.7. The summed E-state index contributed by atoms with van der Waals surface area (Å²) >= 11 is 8.82. The van der Waals surface area contributed by atoms with Crippen LogP contribution >= 0.6 is 28.1 Å². The van der Waals surface area contributed by atoms with Crippen molar-refractivity contribution < 1.29 is 8.81 Å². The van der Waals surface area contributed by atoms with E-state index in [-0.39, 0.29) is 17.9 Å². The van der Waals surface area contributed by atoms with E-state index in [4.69, 9.17) is 16.6 Å². The summed E-state index contributed by atoms with van der Waals surface area (Å²) < 4.78 is 20.1. The van der Waals surface area contributed by atoms with Gasteiger partial charge in [-0.1, -0.05) is 6.07 Å². The van der Waals surface area contributed by atoms with E-state index in [0.717, 1.165) is 17.0 Å². The Hall–Kier alpha value is -2.25. The van der Waals surface area contributed by atoms with E-state index in [1.165, 1.54) is 12.1 Å². The highest BCUT2D eigenvalue weighted by molar-refractivity contribution is 9.10. The van der Waals surface area contributed by atoms with Crippen LogP contribution in [0.4, 0.5) is 4.39 Å². The minimum atomic E-state index is -0.298. The predicted octanol–water partition coefficient (Wildman–Crippen LogP) is 4.85. The fourth-order valence-electron chi connectivity index (χ4n) is 3.16. The number of furan rings is 1. The number of likely N-dealkylation sites (N-methyl/N-ethyl adjacent to an activating group) is 1. The average Bonchev–Trinajstić information content (AvgIpc) is 3.21. The third-order valence-corrected chi connectivity index (χ3v) is 5.52. The minimum Gasteiger partial charge on any atom is -0.459 e. The first-order valence-corrected chi connectivity index (χ1v) is 9.24. The number of aromatic nitrogens is 1. The number of hydrogen-bond donors (Lipinski definition) is 1. The van der Waals surface area contributed by atoms with Crippen molar-refractivity contribution in [1.29, 1.82) is 0 Å². The fraction of sp³-hybridized carbons (Fsp3) is 0.158. The Balaban J connectivity index is 1.72. The molecule has 0 unspecified atom stereocenters. The van der Waals surface area contributed by atoms with Crippen LogP contribution in [0.2, 0.25) is 0 Å². The molecule has 1 aliphatic heterocycles. The Morgan fingerprint density at radius 1 is 1.23 bits per heavy atom. The van der Waals surface area contributed by atoms with E-state index in [1.807, 2.05) is 42.3 Å². The van der Waals surface area contributed by atoms with Gasteiger partial charge in [-0.2, -0.15) is 0 Å². The quantitative estimate of drug-likeness (QED) is 0.600. The van der Waals surface area contributed by atoms with Crippen molar-refractivity contribution in [1.82, 2.24) is 15.2 Å². The SMILES string of the molecule is CN1C(=S)N[C@@H](c2ccccn2)[C@H]1c1ccc(-c2ccc(F)cc2Br)o1. The molecule has 26 heavy (non-hydrogen) atoms. The monoisotopic (exact) mass is 431 g/mol. The minimum absolute atomic E-state index is 0.107. The zero-order chi connectivity index (χ0) is 18.3. The van der Waals surface area contributed by atoms with Crippen LogP contribution in [-0.2, 0) is 0 Å². The molecule has 7 heteroatoms. The maximum absolute atomic E-state index is 13.4. The summed E-state index contributed by atoms with van der Waals surface area (Å²) in [6, 6.07) is 13.9. The van der Waals surface area contributed by atoms with E-state index >= 15 is 0 Å². The number of benzene rings is 1. The lowest BCUT2D eigenvalue weighted by molar-refractivity contribution is 0.310. The summed E-state index contributed by atoms with van der Waals surface area (Å²) in [6.45, 7) is 0. The smallest absolute Gasteiger partial charge is 0.170 e. The number of rotatable bonds is 3. The summed E-state index contributed by atoms with van der Waals surface area (Å²) in [5.74, 6) is 1.13. The third-order valence-electron chi connectivity index (χ3n) is 4.45. The van der Waals surface area contributed by atoms with Gasteiger partial charge in [0.05, 0.1) is 11.7 Å². The second kappa shape index (κ2) is 6.81. The van der Waals surface area contributed by atoms with Gasteiger partial charge in [-0.15, -0.1) is 0 Å². The van der Waals surface area contributed by atoms with Crippen LogP contribution in [-0.4, -0.2) is 22.0 Å². The van der Waals surface area contributed by atoms with Crippen molar-refractivity contribution in [3.8, 4) is 11.3 Å². The van der Waals surface area contributed by atoms with Crippen molar-refractivity contribution in [2.24, 2.45) is 0 Å². The van der Waals surface area contributed by atoms with Gasteiger partial charge in [0.2, 0.25) is 0 Å². The van der Waals surface area contributed by atoms with Gasteiger partial charge in [-0.3, -0.25) is 4.98 Å². The topological polar surface area (TPSA) is 41.3 Å². The highest BCUT2D eigenvalue weighted by Gasteiger charge is 2.39. The number of nitrogens with one attached hydrogen (secondary N) is 1. The van der Waals surface area contributed by atoms with Crippen LogP contribution < -0.4 is 5.32 Å². The van der Waals surface area contributed by atoms with E-state index < -0.39 is 0 Å². The summed E-state index contributed by atoms with van der Waals surface area (Å²) in [5.41, 5.74) is 1.69. The molecule has 4 rings (SSSR count). The zero-order valence-electron chi connectivity index (χ0n) is 13.8. The van der Waals surface area contributed by atoms with Gasteiger partial charge >= 0.3 is 0 Å². The van der Waals surface area contributed by atoms with Crippen molar-refractivity contribution >= 4 is 33.3 Å². The molecule has 0 aliphatic carbocycles. The maximum atomic E-state index is 13.4. The van der Waals surface area contributed by atoms with Gasteiger partial charge in [0.15, 0.2) is 5.11 Å². The summed E-state index contributed by atoms with van der Waals surface area (Å²) in [7, 11) is 1.93. The first-order valence-electron chi connectivity index (χ1n) is 8.04. The van der Waals surface area contributed by atoms with Crippen molar-refractivity contribution in [3.05, 3.63) is 76.5 Å². The molecule has 0 amide bonds. The molecule has 4 nitrogen and oxygen atoms in total. The van der Waals surface area contributed by atoms with Gasteiger partial charge < -0.3 is 14.6 Å². The number of nitrogens with zero attached hydrogens (tertiary/aromatic N) is 2. The Morgan fingerprint density at radius 3 is 2.81 bits per heavy atom. The third kappa shape index (κ3) is 3.01. The first kappa shape index (κ1) is 17.2. The van der Waals surface area contributed by atoms with Crippen LogP contribution in [0.15, 0.2) is 63.6 Å². The average molecular weight is 432 g/mol. The molecule has 1 aromatic carbocycles. The fourth-order valence-corrected chi connectivity index (χ4v) is 3.95. The lowest BCUT2D eigenvalue weighted by atomic mass is 10.0. The Labute approximate surface area is 164 Å². The molecule has 0 bridgehead atoms. The molecule has 0 saturated carbocycles. The molecular formula is C19H15BrFN3OS. The molecule has 1 N–H and O–H groups in total. The molecule has 2 aromatic heterocycles. The highest BCUT2D eigenvalue weighted by Crippen LogP contribution is 2.40. The van der Waals surface area contributed by atoms with Crippen LogP contribution in [0, 0.1) is 5.82 Å². The molecule has 1 saturated heterocycles. The lowest BCUT2D eigenvalue weighted by Gasteiger charge is -2.21. The van der Waals surface area contributed by atoms with Crippen molar-refractivity contribution in [2.45, 2.75) is 12.1 Å². The molecule has 3 heterocycles. The second-order valence-electron chi connectivity index (χ2n) is 6.06. The van der Waals surface area contributed by atoms with E-state index in [2.05, 4.69) is 26.2 Å². The lowest BCUT2D eigenvalue weighted by Crippen LogP contribution is -2.24. The molecule has 1 aliphatic rings. The van der Waals surface area contributed by atoms with Crippen LogP contribution in [0.1, 0.15) is 23.5 Å². The van der Waals surface area contributed by atoms with Gasteiger partial charge in [-0.25, -0.2) is 4.39 Å². The number of thiocarbonyl (C=S) groups is 1. The standard InChI is InChI=1S/C19H15BrFN3OS/c1-24-18(17(23-19(24)26)14-4-2-3-9-22-14)16-8-7-15(25-16)12-6-5-11(21)10-13(12)20/h2-10,17-18H,1H3,(H,23,26)/t17-,18+/m0/s1. The molecule has 2 atom stereocenters. The van der Waals surface area contributed by atoms with Gasteiger partial charge in [0.25, 0.3) is 0 Å². The maximum Gasteiger partial charge on any atom is 0.170 e. The van der Waals surface area contributed by atoms with Crippen LogP contribution in [0.5, 0.6) is 0 Å². The summed E-state index contributed by atoms with van der Waals surface area (Å²) in [4.78, 5) is 6.42. The Bertz CT molecular complexity index is 962. The molecule has 3 aromatic rings. The largest absolute Gasteiger partial charge is 0.459 e. The van der Waals surface area contributed by atoms with Crippen LogP contribution in [0.25, 0.3) is 11.3 Å². The van der Waals surface area contributed by atoms with Gasteiger partial charge in [0, 0.05) is 23.3 Å². The predicted molar refractivity (Wildman–Crippen MR) is 105 cm³/mol. The van der Waals surface area contributed by atoms with E-state index in [9.17, 15) is 4.39 Å². The second-order valence-corrected chi connectivity index (χ2v) is 7.30. The number of pyridine rings is 1. The molecular weight excluding hydrogens is 417 g/mol. The van der Waals surface area contributed by atoms with E-state index in [1.54, 1.807) is 12.3 Å². The Morgan fingerprint density at radius 2 is 2.08 bits per heavy atom. The Kier molecular flexibility index (Phi) is 4.50. The summed E-state index contributed by atoms with van der Waals surface area (Å²) in [5, 5.41) is 3.96. The highest BCUT2D eigenvalue weighted by atomic mass is 79.9. The number of halogens is 2. The molecule has 0 spiro atoms. The van der Waals surface area contributed by atoms with Gasteiger partial charge in [-0.05, 0) is 70.6 Å². The molecule has 1 fully saturated rings. The van der Waals surface area contributed by atoms with Gasteiger partial charge in [0.1, 0.15) is 23.4 Å². The van der Waals surface area contributed by atoms with Crippen LogP contribution in [0.3, 0.4) is 0 Å². The molecule has 132 valence electrons. The van der Waals surface area contributed by atoms with E-state index in [0.29, 0.717) is 15.3 Å². The number of hydrogen-bond acceptors (Lipinski definition) is 3. The van der Waals surface area contributed by atoms with Crippen molar-refractivity contribution in [2.75, 3.05) is 7.05 Å². The first-order chi connectivity index (χ1) is 12.5. The molecule has 0 radical (unpaired) electrons.